The molecule has 0 amide bonds. The Morgan fingerprint density at radius 3 is 2.83 bits per heavy atom. The number of unbranched alkanes of at least 4 members (excludes halogenated alkanes) is 2. The van der Waals surface area contributed by atoms with Crippen molar-refractivity contribution < 1.29 is 4.74 Å². The summed E-state index contributed by atoms with van der Waals surface area (Å²) in [4.78, 5) is 4.75. The van der Waals surface area contributed by atoms with Crippen LogP contribution >= 0.6 is 0 Å². The van der Waals surface area contributed by atoms with Crippen molar-refractivity contribution in [1.82, 2.24) is 25.2 Å². The number of pyridine rings is 1. The third-order valence-electron chi connectivity index (χ3n) is 4.78. The molecule has 0 unspecified atom stereocenters. The number of aromatic nitrogens is 3. The molecule has 2 aromatic heterocycles. The first-order chi connectivity index (χ1) is 14.7. The molecule has 2 heterocycles. The standard InChI is InChI=1S/C23H32N6O/c1-4-6-9-14-30-20-15-18(3)11-12-19(20)16-25-23(24-5-2)26-17-22-28-27-21-10-7-8-13-29(21)22/h7-8,10-13,15H,4-6,9,14,16-17H2,1-3H3,(H2,24,25,26). The van der Waals surface area contributed by atoms with Crippen molar-refractivity contribution in [1.29, 1.82) is 0 Å². The van der Waals surface area contributed by atoms with Gasteiger partial charge in [-0.05, 0) is 44.0 Å². The van der Waals surface area contributed by atoms with Gasteiger partial charge in [-0.1, -0.05) is 38.0 Å². The topological polar surface area (TPSA) is 75.8 Å². The quantitative estimate of drug-likeness (QED) is 0.303. The van der Waals surface area contributed by atoms with Gasteiger partial charge in [0.1, 0.15) is 5.75 Å². The van der Waals surface area contributed by atoms with E-state index in [-0.39, 0.29) is 0 Å². The van der Waals surface area contributed by atoms with Crippen molar-refractivity contribution in [2.24, 2.45) is 4.99 Å². The Bertz CT molecular complexity index is 965. The highest BCUT2D eigenvalue weighted by Gasteiger charge is 2.08. The Labute approximate surface area is 178 Å². The van der Waals surface area contributed by atoms with Gasteiger partial charge in [-0.25, -0.2) is 4.99 Å². The van der Waals surface area contributed by atoms with Crippen molar-refractivity contribution in [3.05, 3.63) is 59.5 Å². The molecule has 0 fully saturated rings. The predicted octanol–water partition coefficient (Wildman–Crippen LogP) is 3.86. The van der Waals surface area contributed by atoms with Crippen LogP contribution in [-0.4, -0.2) is 33.7 Å². The molecule has 0 aliphatic carbocycles. The van der Waals surface area contributed by atoms with Crippen molar-refractivity contribution in [3.63, 3.8) is 0 Å². The number of hydrogen-bond donors (Lipinski definition) is 2. The van der Waals surface area contributed by atoms with E-state index >= 15 is 0 Å². The molecule has 0 atom stereocenters. The number of guanidine groups is 1. The summed E-state index contributed by atoms with van der Waals surface area (Å²) in [5.74, 6) is 2.50. The predicted molar refractivity (Wildman–Crippen MR) is 121 cm³/mol. The smallest absolute Gasteiger partial charge is 0.191 e. The maximum atomic E-state index is 6.05. The van der Waals surface area contributed by atoms with Gasteiger partial charge < -0.3 is 15.4 Å². The van der Waals surface area contributed by atoms with E-state index in [1.807, 2.05) is 28.8 Å². The zero-order valence-corrected chi connectivity index (χ0v) is 18.2. The molecule has 0 bridgehead atoms. The molecule has 7 heteroatoms. The molecule has 2 N–H and O–H groups in total. The second-order valence-electron chi connectivity index (χ2n) is 7.26. The molecule has 30 heavy (non-hydrogen) atoms. The lowest BCUT2D eigenvalue weighted by Gasteiger charge is -2.13. The third kappa shape index (κ3) is 5.95. The van der Waals surface area contributed by atoms with Gasteiger partial charge >= 0.3 is 0 Å². The summed E-state index contributed by atoms with van der Waals surface area (Å²) in [5.41, 5.74) is 3.11. The number of nitrogens with one attached hydrogen (secondary N) is 2. The minimum atomic E-state index is 0.533. The maximum absolute atomic E-state index is 6.05. The summed E-state index contributed by atoms with van der Waals surface area (Å²) >= 11 is 0. The van der Waals surface area contributed by atoms with Gasteiger partial charge in [0.15, 0.2) is 17.4 Å². The molecule has 3 rings (SSSR count). The van der Waals surface area contributed by atoms with Crippen LogP contribution in [0.15, 0.2) is 47.6 Å². The van der Waals surface area contributed by atoms with E-state index in [2.05, 4.69) is 59.8 Å². The van der Waals surface area contributed by atoms with Crippen LogP contribution in [0.2, 0.25) is 0 Å². The highest BCUT2D eigenvalue weighted by atomic mass is 16.5. The van der Waals surface area contributed by atoms with Crippen LogP contribution < -0.4 is 15.4 Å². The molecule has 0 aliphatic rings. The first kappa shape index (κ1) is 21.6. The van der Waals surface area contributed by atoms with E-state index in [9.17, 15) is 0 Å². The lowest BCUT2D eigenvalue weighted by atomic mass is 10.1. The number of rotatable bonds is 10. The summed E-state index contributed by atoms with van der Waals surface area (Å²) in [6.07, 6.45) is 5.41. The second kappa shape index (κ2) is 11.2. The maximum Gasteiger partial charge on any atom is 0.191 e. The van der Waals surface area contributed by atoms with Gasteiger partial charge in [-0.2, -0.15) is 0 Å². The summed E-state index contributed by atoms with van der Waals surface area (Å²) < 4.78 is 8.02. The lowest BCUT2D eigenvalue weighted by molar-refractivity contribution is 0.303. The minimum absolute atomic E-state index is 0.533. The van der Waals surface area contributed by atoms with E-state index in [0.717, 1.165) is 48.3 Å². The monoisotopic (exact) mass is 408 g/mol. The largest absolute Gasteiger partial charge is 0.493 e. The molecular weight excluding hydrogens is 376 g/mol. The van der Waals surface area contributed by atoms with Crippen LogP contribution in [0, 0.1) is 6.92 Å². The Morgan fingerprint density at radius 2 is 2.00 bits per heavy atom. The van der Waals surface area contributed by atoms with E-state index < -0.39 is 0 Å². The van der Waals surface area contributed by atoms with Gasteiger partial charge in [0.25, 0.3) is 0 Å². The highest BCUT2D eigenvalue weighted by molar-refractivity contribution is 5.79. The molecule has 0 saturated heterocycles. The molecular formula is C23H32N6O. The number of fused-ring (bicyclic) bond motifs is 1. The van der Waals surface area contributed by atoms with Crippen LogP contribution in [0.5, 0.6) is 5.75 Å². The molecule has 0 spiro atoms. The van der Waals surface area contributed by atoms with Crippen molar-refractivity contribution in [2.75, 3.05) is 13.2 Å². The molecule has 0 saturated carbocycles. The van der Waals surface area contributed by atoms with Gasteiger partial charge in [0.05, 0.1) is 19.7 Å². The van der Waals surface area contributed by atoms with Gasteiger partial charge in [-0.3, -0.25) is 4.40 Å². The number of hydrogen-bond acceptors (Lipinski definition) is 4. The Hall–Kier alpha value is -3.09. The number of aliphatic imine (C=N–C) groups is 1. The lowest BCUT2D eigenvalue weighted by Crippen LogP contribution is -2.37. The van der Waals surface area contributed by atoms with Crippen LogP contribution in [0.1, 0.15) is 50.1 Å². The fraction of sp³-hybridized carbons (Fsp3) is 0.435. The number of aryl methyl sites for hydroxylation is 1. The average Bonchev–Trinajstić information content (AvgIpc) is 3.17. The normalized spacial score (nSPS) is 11.6. The number of nitrogens with zero attached hydrogens (tertiary/aromatic N) is 4. The molecule has 160 valence electrons. The Morgan fingerprint density at radius 1 is 1.10 bits per heavy atom. The zero-order chi connectivity index (χ0) is 21.2. The van der Waals surface area contributed by atoms with Crippen molar-refractivity contribution in [3.8, 4) is 5.75 Å². The van der Waals surface area contributed by atoms with Crippen molar-refractivity contribution in [2.45, 2.75) is 53.1 Å². The van der Waals surface area contributed by atoms with Gasteiger partial charge in [-0.15, -0.1) is 10.2 Å². The van der Waals surface area contributed by atoms with Crippen molar-refractivity contribution >= 4 is 11.6 Å². The number of benzene rings is 1. The van der Waals surface area contributed by atoms with E-state index in [0.29, 0.717) is 13.1 Å². The van der Waals surface area contributed by atoms with Crippen LogP contribution in [-0.2, 0) is 13.1 Å². The fourth-order valence-electron chi connectivity index (χ4n) is 3.14. The highest BCUT2D eigenvalue weighted by Crippen LogP contribution is 2.21. The summed E-state index contributed by atoms with van der Waals surface area (Å²) in [5, 5.41) is 15.1. The number of ether oxygens (including phenoxy) is 1. The molecule has 7 nitrogen and oxygen atoms in total. The van der Waals surface area contributed by atoms with E-state index in [1.165, 1.54) is 18.4 Å². The average molecular weight is 409 g/mol. The zero-order valence-electron chi connectivity index (χ0n) is 18.2. The first-order valence-electron chi connectivity index (χ1n) is 10.7. The summed E-state index contributed by atoms with van der Waals surface area (Å²) in [7, 11) is 0. The van der Waals surface area contributed by atoms with Gasteiger partial charge in [0.2, 0.25) is 0 Å². The molecule has 1 aromatic carbocycles. The van der Waals surface area contributed by atoms with Gasteiger partial charge in [0, 0.05) is 18.3 Å². The third-order valence-corrected chi connectivity index (χ3v) is 4.78. The van der Waals surface area contributed by atoms with Crippen LogP contribution in [0.25, 0.3) is 5.65 Å². The van der Waals surface area contributed by atoms with Crippen LogP contribution in [0.4, 0.5) is 0 Å². The first-order valence-corrected chi connectivity index (χ1v) is 10.7. The molecule has 0 aliphatic heterocycles. The van der Waals surface area contributed by atoms with E-state index in [4.69, 9.17) is 9.73 Å². The molecule has 0 radical (unpaired) electrons. The van der Waals surface area contributed by atoms with Crippen LogP contribution in [0.3, 0.4) is 0 Å². The molecule has 3 aromatic rings. The summed E-state index contributed by atoms with van der Waals surface area (Å²) in [6.45, 7) is 8.93. The summed E-state index contributed by atoms with van der Waals surface area (Å²) in [6, 6.07) is 12.2. The second-order valence-corrected chi connectivity index (χ2v) is 7.26. The Balaban J connectivity index is 1.66. The fourth-order valence-corrected chi connectivity index (χ4v) is 3.14. The minimum Gasteiger partial charge on any atom is -0.493 e. The SMILES string of the molecule is CCCCCOc1cc(C)ccc1CN=C(NCC)NCc1nnc2ccccn12. The Kier molecular flexibility index (Phi) is 8.06. The van der Waals surface area contributed by atoms with E-state index in [1.54, 1.807) is 0 Å².